The number of likely N-dealkylation sites (tertiary alicyclic amines) is 1. The van der Waals surface area contributed by atoms with Crippen LogP contribution in [0, 0.1) is 0 Å². The van der Waals surface area contributed by atoms with Gasteiger partial charge in [-0.05, 0) is 25.0 Å². The maximum Gasteiger partial charge on any atom is 0.239 e. The molecule has 0 radical (unpaired) electrons. The number of alkyl halides is 1. The van der Waals surface area contributed by atoms with Gasteiger partial charge in [-0.1, -0.05) is 0 Å². The van der Waals surface area contributed by atoms with Crippen LogP contribution in [0.3, 0.4) is 0 Å². The van der Waals surface area contributed by atoms with E-state index in [1.165, 1.54) is 0 Å². The second kappa shape index (κ2) is 7.40. The summed E-state index contributed by atoms with van der Waals surface area (Å²) in [5, 5.41) is 7.90. The summed E-state index contributed by atoms with van der Waals surface area (Å²) in [4.78, 5) is 22.9. The Hall–Kier alpha value is -2.87. The highest BCUT2D eigenvalue weighted by atomic mass is 19.1. The Morgan fingerprint density at radius 3 is 2.74 bits per heavy atom. The quantitative estimate of drug-likeness (QED) is 0.765. The molecular weight excluding hydrogens is 347 g/mol. The van der Waals surface area contributed by atoms with E-state index in [4.69, 9.17) is 0 Å². The smallest absolute Gasteiger partial charge is 0.239 e. The van der Waals surface area contributed by atoms with Gasteiger partial charge in [-0.15, -0.1) is 0 Å². The Morgan fingerprint density at radius 1 is 1.19 bits per heavy atom. The second-order valence-electron chi connectivity index (χ2n) is 6.89. The maximum atomic E-state index is 13.2. The fourth-order valence-corrected chi connectivity index (χ4v) is 3.27. The molecule has 0 atom stereocenters. The van der Waals surface area contributed by atoms with Gasteiger partial charge in [-0.3, -0.25) is 19.4 Å². The number of rotatable bonds is 4. The first-order chi connectivity index (χ1) is 13.1. The molecule has 1 aliphatic rings. The number of fused-ring (bicyclic) bond motifs is 1. The SMILES string of the molecule is Cn1cc(-c2cnc3cnc(NC(=O)CN4CCC(F)CC4)cc3c2)cn1. The van der Waals surface area contributed by atoms with Gasteiger partial charge >= 0.3 is 0 Å². The van der Waals surface area contributed by atoms with Crippen LogP contribution in [0.15, 0.2) is 36.9 Å². The van der Waals surface area contributed by atoms with E-state index < -0.39 is 6.17 Å². The molecule has 0 saturated carbocycles. The van der Waals surface area contributed by atoms with E-state index in [1.54, 1.807) is 23.3 Å². The van der Waals surface area contributed by atoms with Crippen LogP contribution in [0.1, 0.15) is 12.8 Å². The third-order valence-electron chi connectivity index (χ3n) is 4.76. The van der Waals surface area contributed by atoms with Gasteiger partial charge in [0.15, 0.2) is 0 Å². The predicted molar refractivity (Wildman–Crippen MR) is 101 cm³/mol. The predicted octanol–water partition coefficient (Wildman–Crippen LogP) is 2.40. The molecule has 0 bridgehead atoms. The molecule has 3 aromatic heterocycles. The number of halogens is 1. The number of piperidine rings is 1. The monoisotopic (exact) mass is 368 g/mol. The maximum absolute atomic E-state index is 13.2. The average Bonchev–Trinajstić information content (AvgIpc) is 3.09. The van der Waals surface area contributed by atoms with Crippen molar-refractivity contribution in [2.75, 3.05) is 25.0 Å². The second-order valence-corrected chi connectivity index (χ2v) is 6.89. The zero-order chi connectivity index (χ0) is 18.8. The van der Waals surface area contributed by atoms with Crippen LogP contribution in [0.4, 0.5) is 10.2 Å². The van der Waals surface area contributed by atoms with Crippen molar-refractivity contribution in [2.45, 2.75) is 19.0 Å². The lowest BCUT2D eigenvalue weighted by molar-refractivity contribution is -0.117. The summed E-state index contributed by atoms with van der Waals surface area (Å²) >= 11 is 0. The number of hydrogen-bond donors (Lipinski definition) is 1. The normalized spacial score (nSPS) is 15.9. The summed E-state index contributed by atoms with van der Waals surface area (Å²) in [6, 6.07) is 3.82. The molecule has 27 heavy (non-hydrogen) atoms. The lowest BCUT2D eigenvalue weighted by Gasteiger charge is -2.27. The number of hydrogen-bond acceptors (Lipinski definition) is 5. The van der Waals surface area contributed by atoms with Crippen LogP contribution in [0.2, 0.25) is 0 Å². The van der Waals surface area contributed by atoms with Gasteiger partial charge in [0.05, 0.1) is 24.5 Å². The number of carbonyl (C=O) groups is 1. The highest BCUT2D eigenvalue weighted by molar-refractivity contribution is 5.93. The highest BCUT2D eigenvalue weighted by Gasteiger charge is 2.20. The van der Waals surface area contributed by atoms with E-state index in [1.807, 2.05) is 30.3 Å². The molecule has 0 spiro atoms. The van der Waals surface area contributed by atoms with Crippen molar-refractivity contribution in [1.29, 1.82) is 0 Å². The summed E-state index contributed by atoms with van der Waals surface area (Å²) in [6.07, 6.45) is 7.38. The molecule has 0 aliphatic carbocycles. The Morgan fingerprint density at radius 2 is 2.00 bits per heavy atom. The van der Waals surface area contributed by atoms with Crippen molar-refractivity contribution in [2.24, 2.45) is 7.05 Å². The molecule has 0 aromatic carbocycles. The van der Waals surface area contributed by atoms with Gasteiger partial charge < -0.3 is 5.32 Å². The number of pyridine rings is 2. The molecule has 4 heterocycles. The van der Waals surface area contributed by atoms with Crippen LogP contribution in [0.5, 0.6) is 0 Å². The van der Waals surface area contributed by atoms with Gasteiger partial charge in [0.25, 0.3) is 0 Å². The number of carbonyl (C=O) groups excluding carboxylic acids is 1. The van der Waals surface area contributed by atoms with Crippen molar-refractivity contribution in [3.8, 4) is 11.1 Å². The zero-order valence-corrected chi connectivity index (χ0v) is 15.1. The molecule has 0 unspecified atom stereocenters. The van der Waals surface area contributed by atoms with Gasteiger partial charge in [0.2, 0.25) is 5.91 Å². The minimum Gasteiger partial charge on any atom is -0.310 e. The number of aryl methyl sites for hydroxylation is 1. The van der Waals surface area contributed by atoms with Crippen molar-refractivity contribution in [3.63, 3.8) is 0 Å². The first-order valence-corrected chi connectivity index (χ1v) is 8.98. The summed E-state index contributed by atoms with van der Waals surface area (Å²) in [5.74, 6) is 0.341. The van der Waals surface area contributed by atoms with Crippen molar-refractivity contribution >= 4 is 22.6 Å². The molecular formula is C19H21FN6O. The topological polar surface area (TPSA) is 75.9 Å². The van der Waals surface area contributed by atoms with E-state index in [2.05, 4.69) is 20.4 Å². The minimum atomic E-state index is -0.743. The van der Waals surface area contributed by atoms with Crippen LogP contribution in [-0.2, 0) is 11.8 Å². The van der Waals surface area contributed by atoms with Gasteiger partial charge in [-0.25, -0.2) is 9.37 Å². The number of amides is 1. The number of nitrogens with zero attached hydrogens (tertiary/aromatic N) is 5. The van der Waals surface area contributed by atoms with E-state index >= 15 is 0 Å². The summed E-state index contributed by atoms with van der Waals surface area (Å²) in [7, 11) is 1.87. The van der Waals surface area contributed by atoms with Crippen molar-refractivity contribution in [3.05, 3.63) is 36.9 Å². The molecule has 1 aliphatic heterocycles. The highest BCUT2D eigenvalue weighted by Crippen LogP contribution is 2.23. The molecule has 140 valence electrons. The van der Waals surface area contributed by atoms with E-state index in [0.29, 0.717) is 31.7 Å². The fourth-order valence-electron chi connectivity index (χ4n) is 3.27. The van der Waals surface area contributed by atoms with Crippen LogP contribution >= 0.6 is 0 Å². The Bertz CT molecular complexity index is 964. The Kier molecular flexibility index (Phi) is 4.81. The standard InChI is InChI=1S/C19H21FN6O/c1-25-11-15(9-23-25)14-6-13-7-18(22-10-17(13)21-8-14)24-19(27)12-26-4-2-16(20)3-5-26/h6-11,16H,2-5,12H2,1H3,(H,22,24,27). The summed E-state index contributed by atoms with van der Waals surface area (Å²) in [5.41, 5.74) is 2.68. The lowest BCUT2D eigenvalue weighted by atomic mass is 10.1. The zero-order valence-electron chi connectivity index (χ0n) is 15.1. The molecule has 8 heteroatoms. The van der Waals surface area contributed by atoms with E-state index in [-0.39, 0.29) is 12.5 Å². The minimum absolute atomic E-state index is 0.143. The molecule has 3 aromatic rings. The van der Waals surface area contributed by atoms with Crippen LogP contribution < -0.4 is 5.32 Å². The molecule has 1 saturated heterocycles. The average molecular weight is 368 g/mol. The van der Waals surface area contributed by atoms with Crippen LogP contribution in [-0.4, -0.2) is 56.4 Å². The Balaban J connectivity index is 1.48. The third kappa shape index (κ3) is 4.11. The lowest BCUT2D eigenvalue weighted by Crippen LogP contribution is -2.39. The first-order valence-electron chi connectivity index (χ1n) is 8.98. The number of anilines is 1. The third-order valence-corrected chi connectivity index (χ3v) is 4.76. The molecule has 7 nitrogen and oxygen atoms in total. The molecule has 4 rings (SSSR count). The molecule has 1 N–H and O–H groups in total. The molecule has 1 amide bonds. The number of nitrogens with one attached hydrogen (secondary N) is 1. The molecule has 1 fully saturated rings. The fraction of sp³-hybridized carbons (Fsp3) is 0.368. The van der Waals surface area contributed by atoms with Crippen molar-refractivity contribution < 1.29 is 9.18 Å². The van der Waals surface area contributed by atoms with E-state index in [9.17, 15) is 9.18 Å². The first kappa shape index (κ1) is 17.5. The van der Waals surface area contributed by atoms with Crippen LogP contribution in [0.25, 0.3) is 22.0 Å². The largest absolute Gasteiger partial charge is 0.310 e. The van der Waals surface area contributed by atoms with Gasteiger partial charge in [0.1, 0.15) is 12.0 Å². The van der Waals surface area contributed by atoms with Gasteiger partial charge in [-0.2, -0.15) is 5.10 Å². The van der Waals surface area contributed by atoms with Gasteiger partial charge in [0, 0.05) is 49.0 Å². The number of aromatic nitrogens is 4. The van der Waals surface area contributed by atoms with E-state index in [0.717, 1.165) is 22.0 Å². The summed E-state index contributed by atoms with van der Waals surface area (Å²) in [6.45, 7) is 1.47. The summed E-state index contributed by atoms with van der Waals surface area (Å²) < 4.78 is 14.9. The Labute approximate surface area is 156 Å². The van der Waals surface area contributed by atoms with Crippen molar-refractivity contribution in [1.82, 2.24) is 24.6 Å².